The number of carbonyl (C=O) groups excluding carboxylic acids is 1. The molecule has 1 saturated heterocycles. The van der Waals surface area contributed by atoms with Gasteiger partial charge in [0.1, 0.15) is 11.9 Å². The highest BCUT2D eigenvalue weighted by Crippen LogP contribution is 2.25. The van der Waals surface area contributed by atoms with Gasteiger partial charge in [0.05, 0.1) is 22.7 Å². The molecule has 1 N–H and O–H groups in total. The number of aromatic nitrogens is 1. The fourth-order valence-electron chi connectivity index (χ4n) is 3.92. The smallest absolute Gasteiger partial charge is 0.321 e. The molecule has 7 heteroatoms. The number of hydrogen-bond donors (Lipinski definition) is 1. The van der Waals surface area contributed by atoms with Crippen LogP contribution in [0.4, 0.5) is 16.3 Å². The summed E-state index contributed by atoms with van der Waals surface area (Å²) in [5.74, 6) is 0.679. The second kappa shape index (κ2) is 9.36. The summed E-state index contributed by atoms with van der Waals surface area (Å²) in [6.45, 7) is 4.58. The van der Waals surface area contributed by atoms with Gasteiger partial charge in [-0.25, -0.2) is 9.78 Å². The molecule has 1 fully saturated rings. The molecule has 1 aromatic heterocycles. The lowest BCUT2D eigenvalue weighted by Crippen LogP contribution is -2.38. The van der Waals surface area contributed by atoms with Crippen LogP contribution in [0.3, 0.4) is 0 Å². The van der Waals surface area contributed by atoms with E-state index in [1.54, 1.807) is 29.2 Å². The lowest BCUT2D eigenvalue weighted by atomic mass is 10.1. The average Bonchev–Trinajstić information content (AvgIpc) is 3.09. The van der Waals surface area contributed by atoms with Gasteiger partial charge in [-0.05, 0) is 60.9 Å². The molecule has 7 nitrogen and oxygen atoms in total. The first-order valence-electron chi connectivity index (χ1n) is 10.8. The Hall–Kier alpha value is -4.10. The number of anilines is 2. The Labute approximate surface area is 187 Å². The van der Waals surface area contributed by atoms with E-state index in [-0.39, 0.29) is 6.03 Å². The number of hydrogen-bond acceptors (Lipinski definition) is 5. The average molecular weight is 425 g/mol. The van der Waals surface area contributed by atoms with Crippen molar-refractivity contribution in [1.29, 1.82) is 10.5 Å². The maximum atomic E-state index is 12.7. The van der Waals surface area contributed by atoms with E-state index >= 15 is 0 Å². The van der Waals surface area contributed by atoms with Gasteiger partial charge >= 0.3 is 6.03 Å². The topological polar surface area (TPSA) is 96.1 Å². The summed E-state index contributed by atoms with van der Waals surface area (Å²) in [4.78, 5) is 21.4. The van der Waals surface area contributed by atoms with Crippen molar-refractivity contribution in [3.63, 3.8) is 0 Å². The third-order valence-electron chi connectivity index (χ3n) is 5.74. The van der Waals surface area contributed by atoms with E-state index in [4.69, 9.17) is 10.2 Å². The molecule has 0 bridgehead atoms. The van der Waals surface area contributed by atoms with Crippen LogP contribution in [0.25, 0.3) is 10.9 Å². The molecule has 160 valence electrons. The number of pyridine rings is 1. The van der Waals surface area contributed by atoms with Crippen LogP contribution in [0.2, 0.25) is 0 Å². The van der Waals surface area contributed by atoms with Gasteiger partial charge < -0.3 is 15.1 Å². The normalized spacial score (nSPS) is 13.8. The highest BCUT2D eigenvalue weighted by atomic mass is 16.2. The molecule has 2 amide bonds. The SMILES string of the molecule is CCc1ccc2nc(N3CCCN(C(=O)Nc4ccc(C#N)cc4)CC3)c(C#N)cc2c1. The van der Waals surface area contributed by atoms with Crippen LogP contribution in [0.5, 0.6) is 0 Å². The molecule has 2 aromatic carbocycles. The molecule has 1 aliphatic rings. The number of urea groups is 1. The van der Waals surface area contributed by atoms with E-state index in [9.17, 15) is 10.1 Å². The van der Waals surface area contributed by atoms with E-state index in [0.717, 1.165) is 30.3 Å². The van der Waals surface area contributed by atoms with Gasteiger partial charge in [-0.1, -0.05) is 13.0 Å². The zero-order valence-electron chi connectivity index (χ0n) is 18.0. The van der Waals surface area contributed by atoms with Crippen LogP contribution in [-0.4, -0.2) is 42.1 Å². The number of fused-ring (bicyclic) bond motifs is 1. The number of amides is 2. The lowest BCUT2D eigenvalue weighted by molar-refractivity contribution is 0.215. The standard InChI is InChI=1S/C25H24N6O/c1-2-18-6-9-23-20(14-18)15-21(17-27)24(29-23)30-10-3-11-31(13-12-30)25(32)28-22-7-4-19(16-26)5-8-22/h4-9,14-15H,2-3,10-13H2,1H3,(H,28,32). The number of rotatable bonds is 3. The van der Waals surface area contributed by atoms with Crippen molar-refractivity contribution in [2.75, 3.05) is 36.4 Å². The van der Waals surface area contributed by atoms with Crippen molar-refractivity contribution in [3.05, 3.63) is 65.2 Å². The Bertz CT molecular complexity index is 1220. The molecule has 0 atom stereocenters. The van der Waals surface area contributed by atoms with Crippen molar-refractivity contribution in [3.8, 4) is 12.1 Å². The van der Waals surface area contributed by atoms with Crippen LogP contribution in [0, 0.1) is 22.7 Å². The molecule has 0 spiro atoms. The monoisotopic (exact) mass is 424 g/mol. The number of nitriles is 2. The van der Waals surface area contributed by atoms with E-state index in [2.05, 4.69) is 41.4 Å². The molecule has 32 heavy (non-hydrogen) atoms. The third-order valence-corrected chi connectivity index (χ3v) is 5.74. The van der Waals surface area contributed by atoms with Crippen molar-refractivity contribution < 1.29 is 4.79 Å². The Kier molecular flexibility index (Phi) is 6.19. The Morgan fingerprint density at radius 3 is 2.56 bits per heavy atom. The maximum Gasteiger partial charge on any atom is 0.321 e. The highest BCUT2D eigenvalue weighted by Gasteiger charge is 2.22. The van der Waals surface area contributed by atoms with Crippen LogP contribution in [0.1, 0.15) is 30.0 Å². The molecule has 4 rings (SSSR count). The number of carbonyl (C=O) groups is 1. The summed E-state index contributed by atoms with van der Waals surface area (Å²) in [6, 6.07) is 19.1. The minimum absolute atomic E-state index is 0.171. The van der Waals surface area contributed by atoms with Crippen molar-refractivity contribution in [2.45, 2.75) is 19.8 Å². The molecule has 0 aliphatic carbocycles. The van der Waals surface area contributed by atoms with Crippen molar-refractivity contribution in [2.24, 2.45) is 0 Å². The summed E-state index contributed by atoms with van der Waals surface area (Å²) in [7, 11) is 0. The summed E-state index contributed by atoms with van der Waals surface area (Å²) in [5.41, 5.74) is 3.85. The number of benzene rings is 2. The van der Waals surface area contributed by atoms with E-state index in [1.165, 1.54) is 5.56 Å². The van der Waals surface area contributed by atoms with Crippen LogP contribution in [0.15, 0.2) is 48.5 Å². The van der Waals surface area contributed by atoms with Gasteiger partial charge in [0.15, 0.2) is 0 Å². The minimum atomic E-state index is -0.171. The van der Waals surface area contributed by atoms with Gasteiger partial charge in [-0.15, -0.1) is 0 Å². The molecule has 3 aromatic rings. The van der Waals surface area contributed by atoms with Crippen LogP contribution in [-0.2, 0) is 6.42 Å². The summed E-state index contributed by atoms with van der Waals surface area (Å²) in [5, 5.41) is 22.5. The molecule has 0 radical (unpaired) electrons. The predicted octanol–water partition coefficient (Wildman–Crippen LogP) is 4.28. The predicted molar refractivity (Wildman–Crippen MR) is 124 cm³/mol. The number of nitrogens with one attached hydrogen (secondary N) is 1. The highest BCUT2D eigenvalue weighted by molar-refractivity contribution is 5.89. The molecular weight excluding hydrogens is 400 g/mol. The number of aryl methyl sites for hydroxylation is 1. The summed E-state index contributed by atoms with van der Waals surface area (Å²) >= 11 is 0. The zero-order valence-corrected chi connectivity index (χ0v) is 18.0. The van der Waals surface area contributed by atoms with E-state index in [0.29, 0.717) is 42.3 Å². The first kappa shape index (κ1) is 21.1. The fourth-order valence-corrected chi connectivity index (χ4v) is 3.92. The zero-order chi connectivity index (χ0) is 22.5. The second-order valence-electron chi connectivity index (χ2n) is 7.80. The van der Waals surface area contributed by atoms with E-state index < -0.39 is 0 Å². The summed E-state index contributed by atoms with van der Waals surface area (Å²) in [6.07, 6.45) is 1.71. The molecule has 2 heterocycles. The molecule has 0 unspecified atom stereocenters. The lowest BCUT2D eigenvalue weighted by Gasteiger charge is -2.24. The Balaban J connectivity index is 1.49. The van der Waals surface area contributed by atoms with Gasteiger partial charge in [-0.3, -0.25) is 0 Å². The first-order valence-corrected chi connectivity index (χ1v) is 10.8. The van der Waals surface area contributed by atoms with Crippen LogP contribution >= 0.6 is 0 Å². The van der Waals surface area contributed by atoms with E-state index in [1.807, 2.05) is 12.1 Å². The second-order valence-corrected chi connectivity index (χ2v) is 7.80. The van der Waals surface area contributed by atoms with Crippen molar-refractivity contribution >= 4 is 28.4 Å². The van der Waals surface area contributed by atoms with Gasteiger partial charge in [0.25, 0.3) is 0 Å². The fraction of sp³-hybridized carbons (Fsp3) is 0.280. The number of nitrogens with zero attached hydrogens (tertiary/aromatic N) is 5. The van der Waals surface area contributed by atoms with Gasteiger partial charge in [0.2, 0.25) is 0 Å². The molecule has 0 saturated carbocycles. The molecule has 1 aliphatic heterocycles. The largest absolute Gasteiger partial charge is 0.354 e. The Morgan fingerprint density at radius 1 is 1.03 bits per heavy atom. The first-order chi connectivity index (χ1) is 15.6. The Morgan fingerprint density at radius 2 is 1.84 bits per heavy atom. The molecular formula is C25H24N6O. The minimum Gasteiger partial charge on any atom is -0.354 e. The van der Waals surface area contributed by atoms with Crippen LogP contribution < -0.4 is 10.2 Å². The maximum absolute atomic E-state index is 12.7. The summed E-state index contributed by atoms with van der Waals surface area (Å²) < 4.78 is 0. The van der Waals surface area contributed by atoms with Crippen molar-refractivity contribution in [1.82, 2.24) is 9.88 Å². The van der Waals surface area contributed by atoms with Gasteiger partial charge in [0, 0.05) is 37.3 Å². The quantitative estimate of drug-likeness (QED) is 0.677. The van der Waals surface area contributed by atoms with Gasteiger partial charge in [-0.2, -0.15) is 10.5 Å². The third kappa shape index (κ3) is 4.48.